The number of fused-ring (bicyclic) bond motifs is 1. The van der Waals surface area contributed by atoms with Crippen molar-refractivity contribution in [2.24, 2.45) is 0 Å². The van der Waals surface area contributed by atoms with Gasteiger partial charge in [-0.25, -0.2) is 28.5 Å². The fraction of sp³-hybridized carbons (Fsp3) is 0.459. The number of nitriles is 1. The van der Waals surface area contributed by atoms with E-state index in [1.54, 1.807) is 42.0 Å². The average Bonchev–Trinajstić information content (AvgIpc) is 3.59. The molecule has 5 atom stereocenters. The van der Waals surface area contributed by atoms with Crippen molar-refractivity contribution in [3.8, 4) is 11.9 Å². The number of hydrogen-bond donors (Lipinski definition) is 5. The predicted octanol–water partition coefficient (Wildman–Crippen LogP) is 4.14. The topological polar surface area (TPSA) is 206 Å². The molecular formula is C37H43ClF2N8O7. The van der Waals surface area contributed by atoms with Gasteiger partial charge in [-0.1, -0.05) is 11.6 Å². The Balaban J connectivity index is 0.000000246. The van der Waals surface area contributed by atoms with Crippen molar-refractivity contribution >= 4 is 45.9 Å². The SMILES string of the molecule is CC(C)(O)[C@H](F)CNC(=O)c1cnc(-n2ccc3cc(C#N)cnc32)cc1NC1CCOCC1F.CCOC(=O)c1cnc(Cl)cc1NC1CCOCC1O. The molecule has 4 unspecified atom stereocenters. The molecule has 294 valence electrons. The van der Waals surface area contributed by atoms with Crippen molar-refractivity contribution in [2.75, 3.05) is 50.2 Å². The quantitative estimate of drug-likeness (QED) is 0.107. The Kier molecular flexibility index (Phi) is 13.9. The van der Waals surface area contributed by atoms with Crippen molar-refractivity contribution in [1.29, 1.82) is 5.26 Å². The number of carbonyl (C=O) groups is 2. The standard InChI is InChI=1S/C24H26F2N6O3.C13H17ClN2O4/c1-24(2,34)20(26)12-30-23(33)16-11-28-21(8-19(16)31-18-4-6-35-13-17(18)25)32-5-3-15-7-14(9-27)10-29-22(15)32;1-2-20-13(18)8-6-15-12(14)5-10(8)16-9-3-4-19-7-11(9)17/h3,5,7-8,10-11,17-18,20,34H,4,6,12-13H2,1-2H3,(H,28,31)(H,30,33);5-6,9,11,17H,2-4,7H2,1H3,(H,15,16)/t17?,18?,20-;/m1./s1. The van der Waals surface area contributed by atoms with Crippen LogP contribution in [0.1, 0.15) is 59.9 Å². The Morgan fingerprint density at radius 1 is 1.07 bits per heavy atom. The molecular weight excluding hydrogens is 742 g/mol. The summed E-state index contributed by atoms with van der Waals surface area (Å²) >= 11 is 5.86. The Hall–Kier alpha value is -4.99. The van der Waals surface area contributed by atoms with Gasteiger partial charge in [-0.15, -0.1) is 0 Å². The van der Waals surface area contributed by atoms with Gasteiger partial charge in [0.2, 0.25) is 0 Å². The number of amides is 1. The molecule has 5 N–H and O–H groups in total. The van der Waals surface area contributed by atoms with Crippen LogP contribution in [0.2, 0.25) is 5.15 Å². The molecule has 2 fully saturated rings. The molecule has 0 radical (unpaired) electrons. The van der Waals surface area contributed by atoms with Crippen molar-refractivity contribution in [2.45, 2.75) is 69.7 Å². The monoisotopic (exact) mass is 784 g/mol. The van der Waals surface area contributed by atoms with E-state index in [9.17, 15) is 28.6 Å². The molecule has 0 aromatic carbocycles. The third-order valence-electron chi connectivity index (χ3n) is 8.91. The van der Waals surface area contributed by atoms with E-state index in [0.29, 0.717) is 60.0 Å². The molecule has 6 heterocycles. The van der Waals surface area contributed by atoms with Crippen LogP contribution in [-0.2, 0) is 14.2 Å². The van der Waals surface area contributed by atoms with Crippen molar-refractivity contribution in [1.82, 2.24) is 24.8 Å². The van der Waals surface area contributed by atoms with Gasteiger partial charge in [0.15, 0.2) is 0 Å². The maximum absolute atomic E-state index is 14.5. The van der Waals surface area contributed by atoms with Gasteiger partial charge in [-0.05, 0) is 51.8 Å². The minimum absolute atomic E-state index is 0.0559. The highest BCUT2D eigenvalue weighted by atomic mass is 35.5. The third kappa shape index (κ3) is 10.6. The smallest absolute Gasteiger partial charge is 0.341 e. The minimum Gasteiger partial charge on any atom is -0.462 e. The molecule has 4 aromatic heterocycles. The highest BCUT2D eigenvalue weighted by molar-refractivity contribution is 6.29. The molecule has 0 bridgehead atoms. The van der Waals surface area contributed by atoms with Gasteiger partial charge < -0.3 is 40.4 Å². The summed E-state index contributed by atoms with van der Waals surface area (Å²) in [6, 6.07) is 7.89. The second-order valence-electron chi connectivity index (χ2n) is 13.4. The van der Waals surface area contributed by atoms with E-state index in [4.69, 9.17) is 31.1 Å². The molecule has 2 aliphatic heterocycles. The lowest BCUT2D eigenvalue weighted by atomic mass is 10.0. The molecule has 1 amide bonds. The van der Waals surface area contributed by atoms with Crippen molar-refractivity contribution < 1.29 is 42.8 Å². The van der Waals surface area contributed by atoms with E-state index >= 15 is 0 Å². The molecule has 55 heavy (non-hydrogen) atoms. The number of rotatable bonds is 11. The Morgan fingerprint density at radius 2 is 1.76 bits per heavy atom. The predicted molar refractivity (Wildman–Crippen MR) is 199 cm³/mol. The summed E-state index contributed by atoms with van der Waals surface area (Å²) in [6.45, 7) is 5.38. The number of ether oxygens (including phenoxy) is 3. The van der Waals surface area contributed by atoms with Crippen LogP contribution in [0.5, 0.6) is 0 Å². The summed E-state index contributed by atoms with van der Waals surface area (Å²) in [5, 5.41) is 38.5. The Morgan fingerprint density at radius 3 is 2.45 bits per heavy atom. The highest BCUT2D eigenvalue weighted by Gasteiger charge is 2.30. The highest BCUT2D eigenvalue weighted by Crippen LogP contribution is 2.27. The van der Waals surface area contributed by atoms with Gasteiger partial charge in [-0.3, -0.25) is 9.36 Å². The molecule has 18 heteroatoms. The number of anilines is 2. The normalized spacial score (nSPS) is 20.3. The largest absolute Gasteiger partial charge is 0.462 e. The summed E-state index contributed by atoms with van der Waals surface area (Å²) in [4.78, 5) is 37.4. The zero-order valence-electron chi connectivity index (χ0n) is 30.5. The van der Waals surface area contributed by atoms with Gasteiger partial charge in [0.1, 0.15) is 40.6 Å². The average molecular weight is 785 g/mol. The molecule has 15 nitrogen and oxygen atoms in total. The van der Waals surface area contributed by atoms with E-state index in [1.165, 1.54) is 32.4 Å². The van der Waals surface area contributed by atoms with Gasteiger partial charge in [-0.2, -0.15) is 5.26 Å². The second-order valence-corrected chi connectivity index (χ2v) is 13.8. The van der Waals surface area contributed by atoms with Crippen LogP contribution in [0.3, 0.4) is 0 Å². The second kappa shape index (κ2) is 18.6. The van der Waals surface area contributed by atoms with E-state index in [1.807, 2.05) is 6.07 Å². The Labute approximate surface area is 321 Å². The molecule has 0 saturated carbocycles. The van der Waals surface area contributed by atoms with Gasteiger partial charge in [0, 0.05) is 49.5 Å². The number of aromatic nitrogens is 4. The van der Waals surface area contributed by atoms with Crippen molar-refractivity contribution in [3.63, 3.8) is 0 Å². The molecule has 0 aliphatic carbocycles. The van der Waals surface area contributed by atoms with Crippen LogP contribution in [0.15, 0.2) is 49.1 Å². The van der Waals surface area contributed by atoms with E-state index < -0.39 is 48.5 Å². The fourth-order valence-electron chi connectivity index (χ4n) is 5.75. The lowest BCUT2D eigenvalue weighted by Crippen LogP contribution is -2.42. The number of nitrogens with zero attached hydrogens (tertiary/aromatic N) is 5. The first-order chi connectivity index (χ1) is 26.3. The van der Waals surface area contributed by atoms with Crippen LogP contribution in [0.25, 0.3) is 16.9 Å². The van der Waals surface area contributed by atoms with Gasteiger partial charge in [0.05, 0.1) is 72.7 Å². The van der Waals surface area contributed by atoms with Crippen molar-refractivity contribution in [3.05, 3.63) is 70.9 Å². The zero-order chi connectivity index (χ0) is 39.7. The number of aliphatic hydroxyl groups excluding tert-OH is 1. The molecule has 0 spiro atoms. The number of hydrogen-bond acceptors (Lipinski definition) is 13. The maximum atomic E-state index is 14.5. The number of carbonyl (C=O) groups excluding carboxylic acids is 2. The van der Waals surface area contributed by atoms with E-state index in [2.05, 4.69) is 30.9 Å². The summed E-state index contributed by atoms with van der Waals surface area (Å²) in [6.07, 6.45) is 3.32. The molecule has 6 rings (SSSR count). The van der Waals surface area contributed by atoms with Crippen LogP contribution >= 0.6 is 11.6 Å². The minimum atomic E-state index is -1.68. The molecule has 4 aromatic rings. The number of halogens is 3. The number of alkyl halides is 2. The van der Waals surface area contributed by atoms with Gasteiger partial charge in [0.25, 0.3) is 5.91 Å². The third-order valence-corrected chi connectivity index (χ3v) is 9.11. The van der Waals surface area contributed by atoms with Crippen LogP contribution in [0.4, 0.5) is 20.2 Å². The van der Waals surface area contributed by atoms with Crippen LogP contribution in [0, 0.1) is 11.3 Å². The zero-order valence-corrected chi connectivity index (χ0v) is 31.2. The first-order valence-corrected chi connectivity index (χ1v) is 18.0. The number of nitrogens with one attached hydrogen (secondary N) is 3. The van der Waals surface area contributed by atoms with Crippen LogP contribution in [-0.4, -0.2) is 117 Å². The molecule has 2 saturated heterocycles. The molecule has 2 aliphatic rings. The lowest BCUT2D eigenvalue weighted by molar-refractivity contribution is -0.0134. The van der Waals surface area contributed by atoms with Crippen LogP contribution < -0.4 is 16.0 Å². The fourth-order valence-corrected chi connectivity index (χ4v) is 5.91. The number of esters is 1. The summed E-state index contributed by atoms with van der Waals surface area (Å²) in [5.41, 5.74) is 0.587. The maximum Gasteiger partial charge on any atom is 0.341 e. The number of aliphatic hydroxyl groups is 2. The summed E-state index contributed by atoms with van der Waals surface area (Å²) < 4.78 is 45.7. The van der Waals surface area contributed by atoms with E-state index in [-0.39, 0.29) is 36.6 Å². The lowest BCUT2D eigenvalue weighted by Gasteiger charge is -2.29. The summed E-state index contributed by atoms with van der Waals surface area (Å²) in [5.74, 6) is -0.672. The first-order valence-electron chi connectivity index (χ1n) is 17.6. The van der Waals surface area contributed by atoms with Gasteiger partial charge >= 0.3 is 5.97 Å². The Bertz CT molecular complexity index is 2010. The number of pyridine rings is 3. The summed E-state index contributed by atoms with van der Waals surface area (Å²) in [7, 11) is 0. The first kappa shape index (κ1) is 41.2. The van der Waals surface area contributed by atoms with E-state index in [0.717, 1.165) is 5.39 Å².